The van der Waals surface area contributed by atoms with Gasteiger partial charge in [-0.1, -0.05) is 30.3 Å². The quantitative estimate of drug-likeness (QED) is 0.649. The highest BCUT2D eigenvalue weighted by Crippen LogP contribution is 2.30. The molecule has 1 aliphatic heterocycles. The number of carbonyl (C=O) groups excluding carboxylic acids is 1. The number of rotatable bonds is 5. The van der Waals surface area contributed by atoms with E-state index >= 15 is 0 Å². The van der Waals surface area contributed by atoms with E-state index in [0.717, 1.165) is 17.1 Å². The van der Waals surface area contributed by atoms with Crippen LogP contribution < -0.4 is 4.74 Å². The first kappa shape index (κ1) is 19.6. The molecule has 7 nitrogen and oxygen atoms in total. The Bertz CT molecular complexity index is 1140. The van der Waals surface area contributed by atoms with Crippen molar-refractivity contribution in [2.24, 2.45) is 0 Å². The molecule has 2 aromatic carbocycles. The normalized spacial score (nSPS) is 16.2. The lowest BCUT2D eigenvalue weighted by Gasteiger charge is -2.31. The van der Waals surface area contributed by atoms with E-state index in [1.807, 2.05) is 36.4 Å². The maximum atomic E-state index is 13.0. The van der Waals surface area contributed by atoms with Crippen LogP contribution in [0, 0.1) is 13.8 Å². The van der Waals surface area contributed by atoms with Crippen molar-refractivity contribution in [1.82, 2.24) is 14.5 Å². The molecule has 0 unspecified atom stereocenters. The second-order valence-electron chi connectivity index (χ2n) is 7.30. The summed E-state index contributed by atoms with van der Waals surface area (Å²) in [4.78, 5) is 11.9. The molecule has 8 heteroatoms. The minimum Gasteiger partial charge on any atom is -0.490 e. The van der Waals surface area contributed by atoms with Crippen LogP contribution in [-0.2, 0) is 10.0 Å². The first-order valence-corrected chi connectivity index (χ1v) is 11.0. The Labute approximate surface area is 169 Å². The fraction of sp³-hybridized carbons (Fsp3) is 0.333. The fourth-order valence-electron chi connectivity index (χ4n) is 3.92. The zero-order valence-corrected chi connectivity index (χ0v) is 17.2. The van der Waals surface area contributed by atoms with Gasteiger partial charge < -0.3 is 4.74 Å². The molecule has 0 spiro atoms. The lowest BCUT2D eigenvalue weighted by atomic mass is 10.0. The Morgan fingerprint density at radius 3 is 2.52 bits per heavy atom. The van der Waals surface area contributed by atoms with Crippen molar-refractivity contribution in [2.45, 2.75) is 37.7 Å². The van der Waals surface area contributed by atoms with Crippen molar-refractivity contribution >= 4 is 27.1 Å². The fourth-order valence-corrected chi connectivity index (χ4v) is 5.72. The number of nitrogens with zero attached hydrogens (tertiary/aromatic N) is 2. The summed E-state index contributed by atoms with van der Waals surface area (Å²) in [6.45, 7) is 4.12. The average Bonchev–Trinajstić information content (AvgIpc) is 3.07. The van der Waals surface area contributed by atoms with Gasteiger partial charge in [0.25, 0.3) is 0 Å². The lowest BCUT2D eigenvalue weighted by molar-refractivity contribution is 0.110. The number of hydrogen-bond acceptors (Lipinski definition) is 5. The molecule has 0 atom stereocenters. The van der Waals surface area contributed by atoms with Crippen LogP contribution >= 0.6 is 0 Å². The summed E-state index contributed by atoms with van der Waals surface area (Å²) in [5.74, 6) is 0.543. The van der Waals surface area contributed by atoms with Gasteiger partial charge in [-0.25, -0.2) is 8.42 Å². The second-order valence-corrected chi connectivity index (χ2v) is 9.18. The van der Waals surface area contributed by atoms with Gasteiger partial charge in [0.2, 0.25) is 10.0 Å². The molecule has 152 valence electrons. The molecule has 0 amide bonds. The van der Waals surface area contributed by atoms with Gasteiger partial charge in [0.15, 0.2) is 6.29 Å². The molecule has 1 saturated heterocycles. The number of aromatic amines is 1. The standard InChI is InChI=1S/C21H23N3O4S/c1-14-21(15(2)23-22-14)29(26,27)24-11-9-17(10-12-24)28-20-8-7-16-5-3-4-6-18(16)19(20)13-25/h3-8,13,17H,9-12H2,1-2H3,(H,22,23). The van der Waals surface area contributed by atoms with Crippen LogP contribution in [-0.4, -0.2) is 48.4 Å². The van der Waals surface area contributed by atoms with Crippen LogP contribution in [0.4, 0.5) is 0 Å². The topological polar surface area (TPSA) is 92.4 Å². The predicted molar refractivity (Wildman–Crippen MR) is 110 cm³/mol. The van der Waals surface area contributed by atoms with Gasteiger partial charge in [-0.3, -0.25) is 9.89 Å². The smallest absolute Gasteiger partial charge is 0.246 e. The number of piperidine rings is 1. The van der Waals surface area contributed by atoms with Crippen LogP contribution in [0.15, 0.2) is 41.3 Å². The molecule has 4 rings (SSSR count). The molecule has 1 aliphatic rings. The number of H-pyrrole nitrogens is 1. The molecule has 1 aromatic heterocycles. The minimum atomic E-state index is -3.59. The zero-order chi connectivity index (χ0) is 20.6. The Morgan fingerprint density at radius 1 is 1.14 bits per heavy atom. The van der Waals surface area contributed by atoms with E-state index in [4.69, 9.17) is 4.74 Å². The number of aromatic nitrogens is 2. The number of ether oxygens (including phenoxy) is 1. The van der Waals surface area contributed by atoms with E-state index in [0.29, 0.717) is 48.6 Å². The number of sulfonamides is 1. The molecule has 0 aliphatic carbocycles. The highest BCUT2D eigenvalue weighted by molar-refractivity contribution is 7.89. The lowest BCUT2D eigenvalue weighted by Crippen LogP contribution is -2.42. The molecule has 0 saturated carbocycles. The van der Waals surface area contributed by atoms with Crippen molar-refractivity contribution < 1.29 is 17.9 Å². The number of hydrogen-bond donors (Lipinski definition) is 1. The monoisotopic (exact) mass is 413 g/mol. The molecular weight excluding hydrogens is 390 g/mol. The Morgan fingerprint density at radius 2 is 1.86 bits per heavy atom. The van der Waals surface area contributed by atoms with Crippen LogP contribution in [0.3, 0.4) is 0 Å². The zero-order valence-electron chi connectivity index (χ0n) is 16.4. The highest BCUT2D eigenvalue weighted by atomic mass is 32.2. The van der Waals surface area contributed by atoms with Crippen molar-refractivity contribution in [3.05, 3.63) is 53.3 Å². The molecular formula is C21H23N3O4S. The molecule has 1 fully saturated rings. The largest absolute Gasteiger partial charge is 0.490 e. The van der Waals surface area contributed by atoms with E-state index in [2.05, 4.69) is 10.2 Å². The third-order valence-corrected chi connectivity index (χ3v) is 7.56. The number of nitrogens with one attached hydrogen (secondary N) is 1. The van der Waals surface area contributed by atoms with Gasteiger partial charge in [-0.15, -0.1) is 0 Å². The Balaban J connectivity index is 1.50. The summed E-state index contributed by atoms with van der Waals surface area (Å²) >= 11 is 0. The summed E-state index contributed by atoms with van der Waals surface area (Å²) in [7, 11) is -3.59. The molecule has 3 aromatic rings. The van der Waals surface area contributed by atoms with E-state index in [1.165, 1.54) is 4.31 Å². The van der Waals surface area contributed by atoms with Gasteiger partial charge in [0, 0.05) is 13.1 Å². The van der Waals surface area contributed by atoms with E-state index in [1.54, 1.807) is 13.8 Å². The summed E-state index contributed by atoms with van der Waals surface area (Å²) < 4.78 is 33.6. The van der Waals surface area contributed by atoms with Gasteiger partial charge >= 0.3 is 0 Å². The van der Waals surface area contributed by atoms with Gasteiger partial charge in [0.1, 0.15) is 16.7 Å². The number of aryl methyl sites for hydroxylation is 2. The van der Waals surface area contributed by atoms with Crippen LogP contribution in [0.1, 0.15) is 34.6 Å². The SMILES string of the molecule is Cc1n[nH]c(C)c1S(=O)(=O)N1CCC(Oc2ccc3ccccc3c2C=O)CC1. The van der Waals surface area contributed by atoms with Gasteiger partial charge in [-0.2, -0.15) is 9.40 Å². The second kappa shape index (κ2) is 7.61. The summed E-state index contributed by atoms with van der Waals surface area (Å²) in [5.41, 5.74) is 1.56. The molecule has 2 heterocycles. The van der Waals surface area contributed by atoms with Crippen molar-refractivity contribution in [3.63, 3.8) is 0 Å². The first-order valence-electron chi connectivity index (χ1n) is 9.57. The number of benzene rings is 2. The first-order chi connectivity index (χ1) is 13.9. The predicted octanol–water partition coefficient (Wildman–Crippen LogP) is 3.22. The van der Waals surface area contributed by atoms with Gasteiger partial charge in [-0.05, 0) is 43.5 Å². The number of carbonyl (C=O) groups is 1. The Kier molecular flexibility index (Phi) is 5.14. The molecule has 0 radical (unpaired) electrons. The van der Waals surface area contributed by atoms with Crippen molar-refractivity contribution in [3.8, 4) is 5.75 Å². The Hall–Kier alpha value is -2.71. The van der Waals surface area contributed by atoms with E-state index < -0.39 is 10.0 Å². The van der Waals surface area contributed by atoms with Crippen LogP contribution in [0.2, 0.25) is 0 Å². The van der Waals surface area contributed by atoms with Crippen LogP contribution in [0.25, 0.3) is 10.8 Å². The minimum absolute atomic E-state index is 0.146. The van der Waals surface area contributed by atoms with E-state index in [-0.39, 0.29) is 11.0 Å². The van der Waals surface area contributed by atoms with Crippen LogP contribution in [0.5, 0.6) is 5.75 Å². The third-order valence-electron chi connectivity index (χ3n) is 5.40. The van der Waals surface area contributed by atoms with Crippen molar-refractivity contribution in [1.29, 1.82) is 0 Å². The third kappa shape index (κ3) is 3.54. The number of aldehydes is 1. The average molecular weight is 413 g/mol. The number of fused-ring (bicyclic) bond motifs is 1. The maximum absolute atomic E-state index is 13.0. The molecule has 0 bridgehead atoms. The summed E-state index contributed by atoms with van der Waals surface area (Å²) in [6.07, 6.45) is 1.79. The summed E-state index contributed by atoms with van der Waals surface area (Å²) in [5, 5.41) is 8.57. The van der Waals surface area contributed by atoms with Crippen molar-refractivity contribution in [2.75, 3.05) is 13.1 Å². The molecule has 29 heavy (non-hydrogen) atoms. The summed E-state index contributed by atoms with van der Waals surface area (Å²) in [6, 6.07) is 11.4. The maximum Gasteiger partial charge on any atom is 0.246 e. The highest BCUT2D eigenvalue weighted by Gasteiger charge is 2.33. The van der Waals surface area contributed by atoms with E-state index in [9.17, 15) is 13.2 Å². The van der Waals surface area contributed by atoms with Gasteiger partial charge in [0.05, 0.1) is 17.0 Å². The molecule has 1 N–H and O–H groups in total.